The van der Waals surface area contributed by atoms with Crippen molar-refractivity contribution in [3.8, 4) is 0 Å². The third kappa shape index (κ3) is 4.33. The van der Waals surface area contributed by atoms with Gasteiger partial charge in [0.1, 0.15) is 0 Å². The average Bonchev–Trinajstić information content (AvgIpc) is 1.84. The summed E-state index contributed by atoms with van der Waals surface area (Å²) in [6, 6.07) is 0. The monoisotopic (exact) mass is 151 g/mol. The highest BCUT2D eigenvalue weighted by Crippen LogP contribution is 2.40. The summed E-state index contributed by atoms with van der Waals surface area (Å²) in [7, 11) is -2.32. The third-order valence-corrected chi connectivity index (χ3v) is 2.14. The van der Waals surface area contributed by atoms with Gasteiger partial charge in [0.05, 0.1) is 6.16 Å². The van der Waals surface area contributed by atoms with E-state index in [-0.39, 0.29) is 12.6 Å². The van der Waals surface area contributed by atoms with Gasteiger partial charge < -0.3 is 9.42 Å². The van der Waals surface area contributed by atoms with E-state index in [1.54, 1.807) is 0 Å². The lowest BCUT2D eigenvalue weighted by Gasteiger charge is -2.03. The fraction of sp³-hybridized carbons (Fsp3) is 0.750. The van der Waals surface area contributed by atoms with Crippen LogP contribution in [0.3, 0.4) is 0 Å². The van der Waals surface area contributed by atoms with Crippen molar-refractivity contribution in [2.45, 2.75) is 6.42 Å². The summed E-state index contributed by atoms with van der Waals surface area (Å²) in [5, 5.41) is 0. The van der Waals surface area contributed by atoms with Gasteiger partial charge in [-0.05, 0) is 0 Å². The SMILES string of the molecule is COP(=O)(O)CC[C]=O. The molecule has 0 spiro atoms. The number of hydrogen-bond acceptors (Lipinski definition) is 3. The molecule has 0 amide bonds. The summed E-state index contributed by atoms with van der Waals surface area (Å²) in [5.41, 5.74) is 0. The molecule has 1 radical (unpaired) electrons. The first-order chi connectivity index (χ1) is 4.12. The van der Waals surface area contributed by atoms with Crippen molar-refractivity contribution in [1.29, 1.82) is 0 Å². The van der Waals surface area contributed by atoms with E-state index in [0.29, 0.717) is 0 Å². The fourth-order valence-corrected chi connectivity index (χ4v) is 0.835. The van der Waals surface area contributed by atoms with Crippen LogP contribution in [0.25, 0.3) is 0 Å². The first-order valence-corrected chi connectivity index (χ1v) is 4.11. The summed E-state index contributed by atoms with van der Waals surface area (Å²) in [6.07, 6.45) is 1.30. The van der Waals surface area contributed by atoms with Crippen LogP contribution in [0, 0.1) is 0 Å². The van der Waals surface area contributed by atoms with E-state index in [9.17, 15) is 9.36 Å². The molecule has 4 nitrogen and oxygen atoms in total. The van der Waals surface area contributed by atoms with E-state index in [0.717, 1.165) is 7.11 Å². The van der Waals surface area contributed by atoms with Crippen molar-refractivity contribution in [3.05, 3.63) is 0 Å². The van der Waals surface area contributed by atoms with Crippen LogP contribution in [0.2, 0.25) is 0 Å². The Hall–Kier alpha value is -0.180. The molecule has 0 aromatic carbocycles. The van der Waals surface area contributed by atoms with Crippen molar-refractivity contribution < 1.29 is 18.8 Å². The highest BCUT2D eigenvalue weighted by Gasteiger charge is 2.15. The van der Waals surface area contributed by atoms with Crippen molar-refractivity contribution >= 4 is 13.9 Å². The third-order valence-electron chi connectivity index (χ3n) is 0.782. The lowest BCUT2D eigenvalue weighted by Crippen LogP contribution is -1.90. The van der Waals surface area contributed by atoms with Gasteiger partial charge in [-0.1, -0.05) is 0 Å². The molecule has 0 rings (SSSR count). The van der Waals surface area contributed by atoms with E-state index in [1.807, 2.05) is 0 Å². The highest BCUT2D eigenvalue weighted by atomic mass is 31.2. The predicted molar refractivity (Wildman–Crippen MR) is 32.0 cm³/mol. The van der Waals surface area contributed by atoms with Crippen LogP contribution in [-0.2, 0) is 13.9 Å². The lowest BCUT2D eigenvalue weighted by molar-refractivity contribution is 0.316. The minimum Gasteiger partial charge on any atom is -0.324 e. The van der Waals surface area contributed by atoms with Crippen LogP contribution < -0.4 is 0 Å². The maximum Gasteiger partial charge on any atom is 0.328 e. The normalized spacial score (nSPS) is 16.7. The van der Waals surface area contributed by atoms with Gasteiger partial charge in [-0.3, -0.25) is 9.36 Å². The van der Waals surface area contributed by atoms with Gasteiger partial charge in [-0.25, -0.2) is 0 Å². The molecule has 0 bridgehead atoms. The summed E-state index contributed by atoms with van der Waals surface area (Å²) in [4.78, 5) is 18.2. The Kier molecular flexibility index (Phi) is 3.70. The zero-order chi connectivity index (χ0) is 7.33. The minimum atomic E-state index is -3.45. The molecule has 0 aliphatic carbocycles. The first kappa shape index (κ1) is 8.82. The van der Waals surface area contributed by atoms with Gasteiger partial charge in [0, 0.05) is 13.5 Å². The Morgan fingerprint density at radius 1 is 1.78 bits per heavy atom. The molecule has 0 aromatic heterocycles. The second-order valence-corrected chi connectivity index (χ2v) is 3.53. The molecule has 0 aliphatic rings. The molecule has 1 unspecified atom stereocenters. The molecule has 1 N–H and O–H groups in total. The second-order valence-electron chi connectivity index (χ2n) is 1.44. The zero-order valence-electron chi connectivity index (χ0n) is 5.03. The number of hydrogen-bond donors (Lipinski definition) is 1. The Morgan fingerprint density at radius 3 is 2.67 bits per heavy atom. The Balaban J connectivity index is 3.58. The quantitative estimate of drug-likeness (QED) is 0.587. The maximum absolute atomic E-state index is 10.5. The molecular weight excluding hydrogens is 143 g/mol. The Bertz CT molecular complexity index is 133. The van der Waals surface area contributed by atoms with E-state index < -0.39 is 7.60 Å². The van der Waals surface area contributed by atoms with Crippen LogP contribution in [0.1, 0.15) is 6.42 Å². The van der Waals surface area contributed by atoms with Crippen molar-refractivity contribution in [2.24, 2.45) is 0 Å². The maximum atomic E-state index is 10.5. The minimum absolute atomic E-state index is 0.0540. The largest absolute Gasteiger partial charge is 0.328 e. The molecule has 5 heteroatoms. The van der Waals surface area contributed by atoms with Gasteiger partial charge >= 0.3 is 7.60 Å². The van der Waals surface area contributed by atoms with E-state index >= 15 is 0 Å². The summed E-state index contributed by atoms with van der Waals surface area (Å²) >= 11 is 0. The Labute approximate surface area is 53.4 Å². The molecule has 0 aromatic rings. The van der Waals surface area contributed by atoms with Crippen molar-refractivity contribution in [3.63, 3.8) is 0 Å². The predicted octanol–water partition coefficient (Wildman–Crippen LogP) is 0.318. The van der Waals surface area contributed by atoms with Gasteiger partial charge in [0.25, 0.3) is 0 Å². The topological polar surface area (TPSA) is 63.6 Å². The van der Waals surface area contributed by atoms with E-state index in [1.165, 1.54) is 6.29 Å². The highest BCUT2D eigenvalue weighted by molar-refractivity contribution is 7.52. The van der Waals surface area contributed by atoms with Crippen LogP contribution >= 0.6 is 7.60 Å². The molecule has 53 valence electrons. The zero-order valence-corrected chi connectivity index (χ0v) is 5.93. The van der Waals surface area contributed by atoms with Gasteiger partial charge in [0.15, 0.2) is 6.29 Å². The lowest BCUT2D eigenvalue weighted by atomic mass is 10.6. The molecule has 1 atom stereocenters. The summed E-state index contributed by atoms with van der Waals surface area (Å²) in [5.74, 6) is 0. The van der Waals surface area contributed by atoms with Gasteiger partial charge in [0.2, 0.25) is 0 Å². The number of carbonyl (C=O) groups excluding carboxylic acids is 1. The van der Waals surface area contributed by atoms with Crippen LogP contribution in [-0.4, -0.2) is 24.5 Å². The number of rotatable bonds is 4. The van der Waals surface area contributed by atoms with Crippen LogP contribution in [0.15, 0.2) is 0 Å². The van der Waals surface area contributed by atoms with Crippen molar-refractivity contribution in [1.82, 2.24) is 0 Å². The molecule has 0 fully saturated rings. The standard InChI is InChI=1S/C4H8O4P/c1-8-9(6,7)4-2-3-5/h2,4H2,1H3,(H,6,7). The summed E-state index contributed by atoms with van der Waals surface area (Å²) < 4.78 is 14.7. The first-order valence-electron chi connectivity index (χ1n) is 2.35. The average molecular weight is 151 g/mol. The molecular formula is C4H8O4P. The molecule has 0 aliphatic heterocycles. The molecule has 0 saturated carbocycles. The second kappa shape index (κ2) is 3.77. The van der Waals surface area contributed by atoms with Crippen molar-refractivity contribution in [2.75, 3.05) is 13.3 Å². The van der Waals surface area contributed by atoms with E-state index in [4.69, 9.17) is 4.89 Å². The smallest absolute Gasteiger partial charge is 0.324 e. The fourth-order valence-electron chi connectivity index (χ4n) is 0.278. The van der Waals surface area contributed by atoms with Crippen LogP contribution in [0.5, 0.6) is 0 Å². The summed E-state index contributed by atoms with van der Waals surface area (Å²) in [6.45, 7) is 0. The molecule has 0 heterocycles. The molecule has 9 heavy (non-hydrogen) atoms. The van der Waals surface area contributed by atoms with E-state index in [2.05, 4.69) is 4.52 Å². The van der Waals surface area contributed by atoms with Gasteiger partial charge in [-0.2, -0.15) is 0 Å². The van der Waals surface area contributed by atoms with Gasteiger partial charge in [-0.15, -0.1) is 0 Å². The Morgan fingerprint density at radius 2 is 2.33 bits per heavy atom. The van der Waals surface area contributed by atoms with Crippen LogP contribution in [0.4, 0.5) is 0 Å². The molecule has 0 saturated heterocycles.